The van der Waals surface area contributed by atoms with Gasteiger partial charge < -0.3 is 16.0 Å². The van der Waals surface area contributed by atoms with Gasteiger partial charge in [-0.15, -0.1) is 0 Å². The highest BCUT2D eigenvalue weighted by Gasteiger charge is 2.17. The second kappa shape index (κ2) is 6.92. The van der Waals surface area contributed by atoms with Crippen LogP contribution in [-0.4, -0.2) is 26.7 Å². The number of hydrogen-bond donors (Lipinski definition) is 2. The molecule has 0 atom stereocenters. The summed E-state index contributed by atoms with van der Waals surface area (Å²) < 4.78 is 0. The lowest BCUT2D eigenvalue weighted by Gasteiger charge is -2.26. The molecule has 0 amide bonds. The smallest absolute Gasteiger partial charge is 0.0361 e. The van der Waals surface area contributed by atoms with Crippen LogP contribution < -0.4 is 16.0 Å². The molecule has 3 nitrogen and oxygen atoms in total. The first-order valence-corrected chi connectivity index (χ1v) is 7.37. The van der Waals surface area contributed by atoms with Crippen molar-refractivity contribution in [1.82, 2.24) is 5.32 Å². The van der Waals surface area contributed by atoms with E-state index in [0.29, 0.717) is 6.04 Å². The SMILES string of the molecule is CN(C)c1ccc(CNCC2CCC(N)CC2)cc1. The van der Waals surface area contributed by atoms with E-state index < -0.39 is 0 Å². The Morgan fingerprint density at radius 2 is 1.74 bits per heavy atom. The highest BCUT2D eigenvalue weighted by Crippen LogP contribution is 2.22. The zero-order valence-corrected chi connectivity index (χ0v) is 12.2. The number of nitrogens with one attached hydrogen (secondary N) is 1. The molecule has 3 N–H and O–H groups in total. The van der Waals surface area contributed by atoms with Gasteiger partial charge in [0.2, 0.25) is 0 Å². The molecule has 1 aliphatic carbocycles. The van der Waals surface area contributed by atoms with Crippen molar-refractivity contribution < 1.29 is 0 Å². The topological polar surface area (TPSA) is 41.3 Å². The number of benzene rings is 1. The van der Waals surface area contributed by atoms with E-state index in [-0.39, 0.29) is 0 Å². The Morgan fingerprint density at radius 1 is 1.11 bits per heavy atom. The molecule has 1 aromatic carbocycles. The van der Waals surface area contributed by atoms with Crippen molar-refractivity contribution in [2.75, 3.05) is 25.5 Å². The maximum atomic E-state index is 5.93. The molecule has 3 heteroatoms. The van der Waals surface area contributed by atoms with Gasteiger partial charge in [0.15, 0.2) is 0 Å². The van der Waals surface area contributed by atoms with E-state index in [1.165, 1.54) is 36.9 Å². The molecule has 0 aromatic heterocycles. The van der Waals surface area contributed by atoms with Gasteiger partial charge in [-0.05, 0) is 55.8 Å². The number of rotatable bonds is 5. The zero-order chi connectivity index (χ0) is 13.7. The van der Waals surface area contributed by atoms with Gasteiger partial charge in [0.1, 0.15) is 0 Å². The molecular formula is C16H27N3. The average Bonchev–Trinajstić information content (AvgIpc) is 2.41. The van der Waals surface area contributed by atoms with E-state index in [1.54, 1.807) is 0 Å². The lowest BCUT2D eigenvalue weighted by Crippen LogP contribution is -2.31. The number of hydrogen-bond acceptors (Lipinski definition) is 3. The van der Waals surface area contributed by atoms with E-state index in [0.717, 1.165) is 19.0 Å². The quantitative estimate of drug-likeness (QED) is 0.855. The third-order valence-electron chi connectivity index (χ3n) is 4.11. The lowest BCUT2D eigenvalue weighted by atomic mass is 9.86. The third-order valence-corrected chi connectivity index (χ3v) is 4.11. The van der Waals surface area contributed by atoms with Gasteiger partial charge in [0.25, 0.3) is 0 Å². The molecule has 0 saturated heterocycles. The molecule has 1 aromatic rings. The van der Waals surface area contributed by atoms with Crippen molar-refractivity contribution >= 4 is 5.69 Å². The van der Waals surface area contributed by atoms with Gasteiger partial charge in [0, 0.05) is 32.4 Å². The number of nitrogens with zero attached hydrogens (tertiary/aromatic N) is 1. The molecule has 0 bridgehead atoms. The van der Waals surface area contributed by atoms with Gasteiger partial charge in [-0.3, -0.25) is 0 Å². The summed E-state index contributed by atoms with van der Waals surface area (Å²) in [5.41, 5.74) is 8.54. The fourth-order valence-electron chi connectivity index (χ4n) is 2.72. The average molecular weight is 261 g/mol. The molecule has 1 aliphatic rings. The molecule has 0 spiro atoms. The first-order valence-electron chi connectivity index (χ1n) is 7.37. The predicted molar refractivity (Wildman–Crippen MR) is 82.4 cm³/mol. The molecule has 0 unspecified atom stereocenters. The van der Waals surface area contributed by atoms with Crippen LogP contribution in [0.2, 0.25) is 0 Å². The molecule has 0 radical (unpaired) electrons. The predicted octanol–water partition coefficient (Wildman–Crippen LogP) is 2.36. The van der Waals surface area contributed by atoms with Crippen LogP contribution in [0.3, 0.4) is 0 Å². The molecule has 1 fully saturated rings. The second-order valence-corrected chi connectivity index (χ2v) is 5.97. The number of nitrogens with two attached hydrogens (primary N) is 1. The highest BCUT2D eigenvalue weighted by molar-refractivity contribution is 5.45. The van der Waals surface area contributed by atoms with Crippen molar-refractivity contribution in [3.63, 3.8) is 0 Å². The summed E-state index contributed by atoms with van der Waals surface area (Å²) in [5, 5.41) is 3.58. The molecule has 106 valence electrons. The van der Waals surface area contributed by atoms with Crippen LogP contribution in [0, 0.1) is 5.92 Å². The Bertz CT molecular complexity index is 364. The maximum Gasteiger partial charge on any atom is 0.0361 e. The fourth-order valence-corrected chi connectivity index (χ4v) is 2.72. The summed E-state index contributed by atoms with van der Waals surface area (Å²) >= 11 is 0. The van der Waals surface area contributed by atoms with E-state index >= 15 is 0 Å². The van der Waals surface area contributed by atoms with E-state index in [9.17, 15) is 0 Å². The van der Waals surface area contributed by atoms with Gasteiger partial charge in [0.05, 0.1) is 0 Å². The minimum absolute atomic E-state index is 0.454. The molecule has 1 saturated carbocycles. The van der Waals surface area contributed by atoms with Crippen molar-refractivity contribution in [3.05, 3.63) is 29.8 Å². The van der Waals surface area contributed by atoms with E-state index in [4.69, 9.17) is 5.73 Å². The van der Waals surface area contributed by atoms with Crippen LogP contribution in [0.4, 0.5) is 5.69 Å². The van der Waals surface area contributed by atoms with Crippen molar-refractivity contribution in [2.24, 2.45) is 11.7 Å². The van der Waals surface area contributed by atoms with E-state index in [1.807, 2.05) is 0 Å². The summed E-state index contributed by atoms with van der Waals surface area (Å²) in [6.07, 6.45) is 4.97. The molecule has 2 rings (SSSR count). The van der Waals surface area contributed by atoms with Crippen LogP contribution in [0.25, 0.3) is 0 Å². The standard InChI is InChI=1S/C16H27N3/c1-19(2)16-9-5-14(6-10-16)12-18-11-13-3-7-15(17)8-4-13/h5-6,9-10,13,15,18H,3-4,7-8,11-12,17H2,1-2H3. The van der Waals surface area contributed by atoms with Gasteiger partial charge in [-0.25, -0.2) is 0 Å². The Morgan fingerprint density at radius 3 is 2.32 bits per heavy atom. The summed E-state index contributed by atoms with van der Waals surface area (Å²) in [6.45, 7) is 2.10. The zero-order valence-electron chi connectivity index (χ0n) is 12.2. The summed E-state index contributed by atoms with van der Waals surface area (Å²) in [6, 6.07) is 9.22. The van der Waals surface area contributed by atoms with Crippen LogP contribution >= 0.6 is 0 Å². The monoisotopic (exact) mass is 261 g/mol. The first-order chi connectivity index (χ1) is 9.15. The number of anilines is 1. The van der Waals surface area contributed by atoms with Crippen LogP contribution in [0.5, 0.6) is 0 Å². The molecule has 0 aliphatic heterocycles. The molecule has 19 heavy (non-hydrogen) atoms. The van der Waals surface area contributed by atoms with Crippen LogP contribution in [0.15, 0.2) is 24.3 Å². The van der Waals surface area contributed by atoms with Gasteiger partial charge in [-0.1, -0.05) is 12.1 Å². The summed E-state index contributed by atoms with van der Waals surface area (Å²) in [7, 11) is 4.14. The first kappa shape index (κ1) is 14.4. The maximum absolute atomic E-state index is 5.93. The van der Waals surface area contributed by atoms with Crippen LogP contribution in [0.1, 0.15) is 31.2 Å². The summed E-state index contributed by atoms with van der Waals surface area (Å²) in [4.78, 5) is 2.13. The Labute approximate surface area is 117 Å². The lowest BCUT2D eigenvalue weighted by molar-refractivity contribution is 0.314. The fraction of sp³-hybridized carbons (Fsp3) is 0.625. The molecular weight excluding hydrogens is 234 g/mol. The highest BCUT2D eigenvalue weighted by atomic mass is 15.1. The minimum atomic E-state index is 0.454. The Hall–Kier alpha value is -1.06. The largest absolute Gasteiger partial charge is 0.378 e. The molecule has 0 heterocycles. The van der Waals surface area contributed by atoms with Crippen molar-refractivity contribution in [3.8, 4) is 0 Å². The van der Waals surface area contributed by atoms with E-state index in [2.05, 4.69) is 48.6 Å². The van der Waals surface area contributed by atoms with Crippen LogP contribution in [-0.2, 0) is 6.54 Å². The minimum Gasteiger partial charge on any atom is -0.378 e. The third kappa shape index (κ3) is 4.51. The van der Waals surface area contributed by atoms with Crippen molar-refractivity contribution in [2.45, 2.75) is 38.3 Å². The Kier molecular flexibility index (Phi) is 5.23. The van der Waals surface area contributed by atoms with Crippen molar-refractivity contribution in [1.29, 1.82) is 0 Å². The summed E-state index contributed by atoms with van der Waals surface area (Å²) in [5.74, 6) is 0.820. The Balaban J connectivity index is 1.70. The van der Waals surface area contributed by atoms with Gasteiger partial charge in [-0.2, -0.15) is 0 Å². The normalized spacial score (nSPS) is 23.3. The second-order valence-electron chi connectivity index (χ2n) is 5.97. The van der Waals surface area contributed by atoms with Gasteiger partial charge >= 0.3 is 0 Å².